The standard InChI is InChI=1S/C15H14FNO3/c1-19-13-6-4-10(16)8-12(13)11-5-3-9(15(17)18)7-14(11)20-2/h3-8H,1-2H3,(H2,17,18). The van der Waals surface area contributed by atoms with Crippen LogP contribution in [0.2, 0.25) is 0 Å². The average molecular weight is 275 g/mol. The summed E-state index contributed by atoms with van der Waals surface area (Å²) in [5, 5.41) is 0. The first-order valence-electron chi connectivity index (χ1n) is 5.88. The van der Waals surface area contributed by atoms with Gasteiger partial charge in [0, 0.05) is 16.7 Å². The number of halogens is 1. The van der Waals surface area contributed by atoms with E-state index in [1.165, 1.54) is 38.5 Å². The van der Waals surface area contributed by atoms with Crippen LogP contribution in [0.4, 0.5) is 4.39 Å². The molecule has 0 bridgehead atoms. The molecule has 0 unspecified atom stereocenters. The molecule has 0 aliphatic heterocycles. The van der Waals surface area contributed by atoms with E-state index in [1.807, 2.05) is 0 Å². The van der Waals surface area contributed by atoms with Crippen LogP contribution in [0.1, 0.15) is 10.4 Å². The Balaban J connectivity index is 2.63. The highest BCUT2D eigenvalue weighted by atomic mass is 19.1. The maximum absolute atomic E-state index is 13.4. The van der Waals surface area contributed by atoms with Gasteiger partial charge < -0.3 is 15.2 Å². The molecule has 0 saturated carbocycles. The Labute approximate surface area is 115 Å². The molecule has 2 aromatic carbocycles. The van der Waals surface area contributed by atoms with Crippen molar-refractivity contribution >= 4 is 5.91 Å². The van der Waals surface area contributed by atoms with Crippen molar-refractivity contribution in [2.75, 3.05) is 14.2 Å². The molecule has 104 valence electrons. The van der Waals surface area contributed by atoms with E-state index >= 15 is 0 Å². The van der Waals surface area contributed by atoms with Crippen molar-refractivity contribution in [2.45, 2.75) is 0 Å². The van der Waals surface area contributed by atoms with Gasteiger partial charge in [0.05, 0.1) is 14.2 Å². The number of carbonyl (C=O) groups is 1. The number of benzene rings is 2. The molecular weight excluding hydrogens is 261 g/mol. The van der Waals surface area contributed by atoms with Crippen LogP contribution in [-0.4, -0.2) is 20.1 Å². The summed E-state index contributed by atoms with van der Waals surface area (Å²) in [4.78, 5) is 11.2. The van der Waals surface area contributed by atoms with Crippen molar-refractivity contribution in [1.82, 2.24) is 0 Å². The zero-order chi connectivity index (χ0) is 14.7. The van der Waals surface area contributed by atoms with Crippen LogP contribution < -0.4 is 15.2 Å². The Morgan fingerprint density at radius 3 is 2.30 bits per heavy atom. The van der Waals surface area contributed by atoms with E-state index in [0.29, 0.717) is 28.2 Å². The predicted octanol–water partition coefficient (Wildman–Crippen LogP) is 2.61. The molecule has 5 heteroatoms. The summed E-state index contributed by atoms with van der Waals surface area (Å²) in [5.41, 5.74) is 6.71. The molecular formula is C15H14FNO3. The van der Waals surface area contributed by atoms with E-state index < -0.39 is 5.91 Å². The monoisotopic (exact) mass is 275 g/mol. The van der Waals surface area contributed by atoms with E-state index in [2.05, 4.69) is 0 Å². The van der Waals surface area contributed by atoms with Gasteiger partial charge in [-0.25, -0.2) is 4.39 Å². The van der Waals surface area contributed by atoms with Crippen LogP contribution in [0.15, 0.2) is 36.4 Å². The Morgan fingerprint density at radius 1 is 1.00 bits per heavy atom. The Kier molecular flexibility index (Phi) is 3.89. The number of rotatable bonds is 4. The Bertz CT molecular complexity index is 656. The first-order valence-corrected chi connectivity index (χ1v) is 5.88. The fourth-order valence-corrected chi connectivity index (χ4v) is 1.96. The molecule has 0 aliphatic carbocycles. The number of ether oxygens (including phenoxy) is 2. The summed E-state index contributed by atoms with van der Waals surface area (Å²) in [6.07, 6.45) is 0. The van der Waals surface area contributed by atoms with Crippen LogP contribution in [-0.2, 0) is 0 Å². The summed E-state index contributed by atoms with van der Waals surface area (Å²) >= 11 is 0. The molecule has 0 saturated heterocycles. The highest BCUT2D eigenvalue weighted by molar-refractivity contribution is 5.94. The van der Waals surface area contributed by atoms with Crippen molar-refractivity contribution in [3.05, 3.63) is 47.8 Å². The molecule has 0 atom stereocenters. The van der Waals surface area contributed by atoms with Crippen LogP contribution in [0.25, 0.3) is 11.1 Å². The van der Waals surface area contributed by atoms with Crippen molar-refractivity contribution in [3.8, 4) is 22.6 Å². The topological polar surface area (TPSA) is 61.5 Å². The molecule has 0 aromatic heterocycles. The minimum absolute atomic E-state index is 0.320. The number of hydrogen-bond acceptors (Lipinski definition) is 3. The van der Waals surface area contributed by atoms with Crippen LogP contribution >= 0.6 is 0 Å². The van der Waals surface area contributed by atoms with Crippen molar-refractivity contribution in [1.29, 1.82) is 0 Å². The number of amides is 1. The van der Waals surface area contributed by atoms with Gasteiger partial charge in [-0.2, -0.15) is 0 Å². The quantitative estimate of drug-likeness (QED) is 0.933. The zero-order valence-electron chi connectivity index (χ0n) is 11.1. The lowest BCUT2D eigenvalue weighted by Gasteiger charge is -2.13. The van der Waals surface area contributed by atoms with E-state index in [1.54, 1.807) is 12.1 Å². The largest absolute Gasteiger partial charge is 0.496 e. The molecule has 0 heterocycles. The Hall–Kier alpha value is -2.56. The van der Waals surface area contributed by atoms with Crippen LogP contribution in [0, 0.1) is 5.82 Å². The molecule has 4 nitrogen and oxygen atoms in total. The first-order chi connectivity index (χ1) is 9.56. The third-order valence-electron chi connectivity index (χ3n) is 2.94. The van der Waals surface area contributed by atoms with Gasteiger partial charge in [-0.15, -0.1) is 0 Å². The maximum Gasteiger partial charge on any atom is 0.248 e. The Morgan fingerprint density at radius 2 is 1.70 bits per heavy atom. The molecule has 0 radical (unpaired) electrons. The first kappa shape index (κ1) is 13.9. The molecule has 0 aliphatic rings. The van der Waals surface area contributed by atoms with Gasteiger partial charge in [-0.05, 0) is 36.4 Å². The zero-order valence-corrected chi connectivity index (χ0v) is 11.1. The number of hydrogen-bond donors (Lipinski definition) is 1. The predicted molar refractivity (Wildman–Crippen MR) is 73.5 cm³/mol. The molecule has 0 spiro atoms. The maximum atomic E-state index is 13.4. The van der Waals surface area contributed by atoms with Gasteiger partial charge in [0.25, 0.3) is 0 Å². The molecule has 2 rings (SSSR count). The number of carbonyl (C=O) groups excluding carboxylic acids is 1. The number of primary amides is 1. The van der Waals surface area contributed by atoms with Crippen molar-refractivity contribution < 1.29 is 18.7 Å². The highest BCUT2D eigenvalue weighted by Crippen LogP contribution is 2.37. The lowest BCUT2D eigenvalue weighted by atomic mass is 10.0. The molecule has 0 fully saturated rings. The molecule has 20 heavy (non-hydrogen) atoms. The fraction of sp³-hybridized carbons (Fsp3) is 0.133. The van der Waals surface area contributed by atoms with E-state index in [0.717, 1.165) is 0 Å². The molecule has 2 N–H and O–H groups in total. The molecule has 2 aromatic rings. The number of methoxy groups -OCH3 is 2. The number of nitrogens with two attached hydrogens (primary N) is 1. The fourth-order valence-electron chi connectivity index (χ4n) is 1.96. The van der Waals surface area contributed by atoms with Gasteiger partial charge in [0.1, 0.15) is 17.3 Å². The summed E-state index contributed by atoms with van der Waals surface area (Å²) in [6.45, 7) is 0. The SMILES string of the molecule is COc1cc(C(N)=O)ccc1-c1cc(F)ccc1OC. The summed E-state index contributed by atoms with van der Waals surface area (Å²) < 4.78 is 23.9. The summed E-state index contributed by atoms with van der Waals surface area (Å²) in [6, 6.07) is 8.92. The van der Waals surface area contributed by atoms with E-state index in [4.69, 9.17) is 15.2 Å². The van der Waals surface area contributed by atoms with Gasteiger partial charge in [0.2, 0.25) is 5.91 Å². The van der Waals surface area contributed by atoms with Crippen LogP contribution in [0.5, 0.6) is 11.5 Å². The summed E-state index contributed by atoms with van der Waals surface area (Å²) in [5.74, 6) is -0.00962. The molecule has 1 amide bonds. The van der Waals surface area contributed by atoms with Crippen molar-refractivity contribution in [3.63, 3.8) is 0 Å². The minimum Gasteiger partial charge on any atom is -0.496 e. The van der Waals surface area contributed by atoms with Gasteiger partial charge in [-0.1, -0.05) is 0 Å². The summed E-state index contributed by atoms with van der Waals surface area (Å²) in [7, 11) is 2.97. The second-order valence-corrected chi connectivity index (χ2v) is 4.12. The minimum atomic E-state index is -0.555. The van der Waals surface area contributed by atoms with E-state index in [9.17, 15) is 9.18 Å². The van der Waals surface area contributed by atoms with Gasteiger partial charge >= 0.3 is 0 Å². The lowest BCUT2D eigenvalue weighted by Crippen LogP contribution is -2.11. The lowest BCUT2D eigenvalue weighted by molar-refractivity contribution is 0.1000. The van der Waals surface area contributed by atoms with Crippen LogP contribution in [0.3, 0.4) is 0 Å². The second kappa shape index (κ2) is 5.61. The smallest absolute Gasteiger partial charge is 0.248 e. The normalized spacial score (nSPS) is 10.2. The second-order valence-electron chi connectivity index (χ2n) is 4.12. The average Bonchev–Trinajstić information content (AvgIpc) is 2.46. The third kappa shape index (κ3) is 2.56. The third-order valence-corrected chi connectivity index (χ3v) is 2.94. The van der Waals surface area contributed by atoms with Gasteiger partial charge in [0.15, 0.2) is 0 Å². The van der Waals surface area contributed by atoms with Gasteiger partial charge in [-0.3, -0.25) is 4.79 Å². The van der Waals surface area contributed by atoms with Crippen molar-refractivity contribution in [2.24, 2.45) is 5.73 Å². The highest BCUT2D eigenvalue weighted by Gasteiger charge is 2.14. The van der Waals surface area contributed by atoms with E-state index in [-0.39, 0.29) is 5.82 Å².